The zero-order valence-electron chi connectivity index (χ0n) is 16.8. The lowest BCUT2D eigenvalue weighted by Gasteiger charge is -2.43. The molecule has 0 spiro atoms. The van der Waals surface area contributed by atoms with Gasteiger partial charge in [0, 0.05) is 26.2 Å². The number of aliphatic hydroxyl groups excluding tert-OH is 1. The molecule has 0 bridgehead atoms. The van der Waals surface area contributed by atoms with Crippen LogP contribution < -0.4 is 4.90 Å². The molecule has 30 heavy (non-hydrogen) atoms. The van der Waals surface area contributed by atoms with E-state index >= 15 is 0 Å². The van der Waals surface area contributed by atoms with E-state index in [2.05, 4.69) is 9.97 Å². The molecule has 3 heterocycles. The Bertz CT molecular complexity index is 916. The highest BCUT2D eigenvalue weighted by Crippen LogP contribution is 2.36. The van der Waals surface area contributed by atoms with Crippen molar-refractivity contribution in [2.24, 2.45) is 5.41 Å². The van der Waals surface area contributed by atoms with Crippen LogP contribution in [-0.2, 0) is 11.2 Å². The first-order valence-electron chi connectivity index (χ1n) is 10.3. The van der Waals surface area contributed by atoms with Crippen molar-refractivity contribution in [3.05, 3.63) is 54.0 Å². The molecule has 2 saturated heterocycles. The van der Waals surface area contributed by atoms with Crippen LogP contribution in [0.5, 0.6) is 0 Å². The molecule has 4 rings (SSSR count). The lowest BCUT2D eigenvalue weighted by Crippen LogP contribution is -2.57. The number of likely N-dealkylation sites (tertiary alicyclic amines) is 1. The Morgan fingerprint density at radius 1 is 1.10 bits per heavy atom. The van der Waals surface area contributed by atoms with Gasteiger partial charge in [-0.2, -0.15) is 0 Å². The fraction of sp³-hybridized carbons (Fsp3) is 0.455. The maximum Gasteiger partial charge on any atom is 0.314 e. The van der Waals surface area contributed by atoms with E-state index in [4.69, 9.17) is 0 Å². The van der Waals surface area contributed by atoms with Crippen molar-refractivity contribution >= 4 is 17.7 Å². The smallest absolute Gasteiger partial charge is 0.314 e. The van der Waals surface area contributed by atoms with E-state index in [0.717, 1.165) is 31.5 Å². The number of aliphatic carboxylic acids is 1. The summed E-state index contributed by atoms with van der Waals surface area (Å²) < 4.78 is 0. The fourth-order valence-electron chi connectivity index (χ4n) is 4.39. The van der Waals surface area contributed by atoms with Gasteiger partial charge in [-0.3, -0.25) is 14.6 Å². The Morgan fingerprint density at radius 3 is 2.53 bits per heavy atom. The maximum absolute atomic E-state index is 12.7. The molecule has 1 aromatic heterocycles. The average Bonchev–Trinajstić information content (AvgIpc) is 3.30. The molecule has 2 aromatic rings. The number of amides is 1. The number of aromatic nitrogens is 2. The Kier molecular flexibility index (Phi) is 5.67. The number of carboxylic acids is 1. The molecule has 2 fully saturated rings. The van der Waals surface area contributed by atoms with Gasteiger partial charge in [0.2, 0.25) is 0 Å². The summed E-state index contributed by atoms with van der Waals surface area (Å²) in [6.45, 7) is 1.98. The van der Waals surface area contributed by atoms with Gasteiger partial charge in [-0.25, -0.2) is 4.98 Å². The lowest BCUT2D eigenvalue weighted by atomic mass is 9.73. The van der Waals surface area contributed by atoms with Gasteiger partial charge in [-0.15, -0.1) is 0 Å². The van der Waals surface area contributed by atoms with Crippen LogP contribution in [0.15, 0.2) is 42.7 Å². The first-order valence-corrected chi connectivity index (χ1v) is 10.3. The standard InChI is InChI=1S/C22H26N4O4/c27-18-8-11-26(15-22(18,21(29)30)12-16-6-2-1-3-7-16)19-14-23-13-17(24-19)20(28)25-9-4-5-10-25/h1-3,6-7,13-14,18,27H,4-5,8-12,15H2,(H,29,30)/t18-,22-/m0/s1. The molecule has 1 amide bonds. The van der Waals surface area contributed by atoms with Crippen LogP contribution in [-0.4, -0.2) is 69.2 Å². The molecule has 0 aliphatic carbocycles. The molecular weight excluding hydrogens is 384 g/mol. The van der Waals surface area contributed by atoms with Crippen LogP contribution in [0.1, 0.15) is 35.3 Å². The number of hydrogen-bond donors (Lipinski definition) is 2. The van der Waals surface area contributed by atoms with Gasteiger partial charge in [-0.1, -0.05) is 30.3 Å². The number of carbonyl (C=O) groups excluding carboxylic acids is 1. The molecule has 0 radical (unpaired) electrons. The number of aliphatic hydroxyl groups is 1. The van der Waals surface area contributed by atoms with Crippen LogP contribution in [0.25, 0.3) is 0 Å². The van der Waals surface area contributed by atoms with E-state index in [1.54, 1.807) is 11.1 Å². The highest BCUT2D eigenvalue weighted by atomic mass is 16.4. The number of carboxylic acid groups (broad SMARTS) is 1. The third kappa shape index (κ3) is 3.87. The predicted molar refractivity (Wildman–Crippen MR) is 110 cm³/mol. The Labute approximate surface area is 175 Å². The zero-order valence-corrected chi connectivity index (χ0v) is 16.8. The van der Waals surface area contributed by atoms with Gasteiger partial charge >= 0.3 is 5.97 Å². The Hall–Kier alpha value is -3.00. The first-order chi connectivity index (χ1) is 14.5. The summed E-state index contributed by atoms with van der Waals surface area (Å²) in [6, 6.07) is 9.32. The first kappa shape index (κ1) is 20.3. The summed E-state index contributed by atoms with van der Waals surface area (Å²) in [7, 11) is 0. The number of rotatable bonds is 5. The highest BCUT2D eigenvalue weighted by Gasteiger charge is 2.49. The van der Waals surface area contributed by atoms with E-state index in [-0.39, 0.29) is 24.6 Å². The van der Waals surface area contributed by atoms with Crippen LogP contribution in [0.4, 0.5) is 5.82 Å². The number of anilines is 1. The van der Waals surface area contributed by atoms with Crippen molar-refractivity contribution in [1.29, 1.82) is 0 Å². The normalized spacial score (nSPS) is 24.1. The van der Waals surface area contributed by atoms with Crippen LogP contribution in [0, 0.1) is 5.41 Å². The number of benzene rings is 1. The summed E-state index contributed by atoms with van der Waals surface area (Å²) in [5, 5.41) is 20.8. The second kappa shape index (κ2) is 8.39. The molecule has 2 aliphatic rings. The van der Waals surface area contributed by atoms with Gasteiger partial charge in [0.25, 0.3) is 5.91 Å². The number of carbonyl (C=O) groups is 2. The van der Waals surface area contributed by atoms with Crippen molar-refractivity contribution < 1.29 is 19.8 Å². The molecule has 0 unspecified atom stereocenters. The molecule has 1 aromatic carbocycles. The minimum Gasteiger partial charge on any atom is -0.481 e. The third-order valence-corrected chi connectivity index (χ3v) is 6.13. The van der Waals surface area contributed by atoms with Crippen LogP contribution >= 0.6 is 0 Å². The van der Waals surface area contributed by atoms with E-state index in [0.29, 0.717) is 18.8 Å². The summed E-state index contributed by atoms with van der Waals surface area (Å²) in [4.78, 5) is 37.3. The van der Waals surface area contributed by atoms with E-state index in [9.17, 15) is 19.8 Å². The van der Waals surface area contributed by atoms with Gasteiger partial charge in [-0.05, 0) is 31.2 Å². The molecule has 2 N–H and O–H groups in total. The van der Waals surface area contributed by atoms with Gasteiger partial charge in [0.15, 0.2) is 0 Å². The summed E-state index contributed by atoms with van der Waals surface area (Å²) >= 11 is 0. The van der Waals surface area contributed by atoms with Crippen molar-refractivity contribution in [2.75, 3.05) is 31.1 Å². The summed E-state index contributed by atoms with van der Waals surface area (Å²) in [6.07, 6.45) is 4.51. The Balaban J connectivity index is 1.60. The van der Waals surface area contributed by atoms with Gasteiger partial charge in [0.05, 0.1) is 18.5 Å². The summed E-state index contributed by atoms with van der Waals surface area (Å²) in [5.41, 5.74) is -0.245. The van der Waals surface area contributed by atoms with Crippen molar-refractivity contribution in [3.8, 4) is 0 Å². The molecule has 8 heteroatoms. The Morgan fingerprint density at radius 2 is 1.83 bits per heavy atom. The third-order valence-electron chi connectivity index (χ3n) is 6.13. The maximum atomic E-state index is 12.7. The molecule has 2 aliphatic heterocycles. The zero-order chi connectivity index (χ0) is 21.1. The van der Waals surface area contributed by atoms with Crippen molar-refractivity contribution in [1.82, 2.24) is 14.9 Å². The van der Waals surface area contributed by atoms with Crippen LogP contribution in [0.2, 0.25) is 0 Å². The van der Waals surface area contributed by atoms with E-state index in [1.165, 1.54) is 6.20 Å². The molecular formula is C22H26N4O4. The minimum absolute atomic E-state index is 0.0917. The van der Waals surface area contributed by atoms with Crippen molar-refractivity contribution in [2.45, 2.75) is 31.8 Å². The second-order valence-electron chi connectivity index (χ2n) is 8.11. The molecule has 158 valence electrons. The number of nitrogens with zero attached hydrogens (tertiary/aromatic N) is 4. The summed E-state index contributed by atoms with van der Waals surface area (Å²) in [5.74, 6) is -0.723. The van der Waals surface area contributed by atoms with Crippen molar-refractivity contribution in [3.63, 3.8) is 0 Å². The largest absolute Gasteiger partial charge is 0.481 e. The SMILES string of the molecule is O=C(c1cncc(N2CC[C@H](O)[C@@](Cc3ccccc3)(C(=O)O)C2)n1)N1CCCC1. The second-order valence-corrected chi connectivity index (χ2v) is 8.11. The minimum atomic E-state index is -1.36. The molecule has 0 saturated carbocycles. The van der Waals surface area contributed by atoms with Gasteiger partial charge in [0.1, 0.15) is 16.9 Å². The molecule has 2 atom stereocenters. The fourth-order valence-corrected chi connectivity index (χ4v) is 4.39. The van der Waals surface area contributed by atoms with E-state index in [1.807, 2.05) is 35.2 Å². The molecule has 8 nitrogen and oxygen atoms in total. The number of piperidine rings is 1. The number of hydrogen-bond acceptors (Lipinski definition) is 6. The van der Waals surface area contributed by atoms with Gasteiger partial charge < -0.3 is 20.0 Å². The monoisotopic (exact) mass is 410 g/mol. The van der Waals surface area contributed by atoms with E-state index < -0.39 is 17.5 Å². The topological polar surface area (TPSA) is 107 Å². The lowest BCUT2D eigenvalue weighted by molar-refractivity contribution is -0.157. The quantitative estimate of drug-likeness (QED) is 0.771. The van der Waals surface area contributed by atoms with Crippen LogP contribution in [0.3, 0.4) is 0 Å². The predicted octanol–water partition coefficient (Wildman–Crippen LogP) is 1.60. The average molecular weight is 410 g/mol. The highest BCUT2D eigenvalue weighted by molar-refractivity contribution is 5.92.